The summed E-state index contributed by atoms with van der Waals surface area (Å²) >= 11 is 0. The zero-order chi connectivity index (χ0) is 27.9. The third-order valence-electron chi connectivity index (χ3n) is 9.86. The molecule has 2 heterocycles. The smallest absolute Gasteiger partial charge is 0.321 e. The first kappa shape index (κ1) is 28.8. The lowest BCUT2D eigenvalue weighted by Gasteiger charge is -2.35. The second-order valence-electron chi connectivity index (χ2n) is 12.5. The Morgan fingerprint density at radius 3 is 2.52 bits per heavy atom. The molecule has 1 N–H and O–H groups in total. The Hall–Kier alpha value is -2.68. The van der Waals surface area contributed by atoms with Crippen molar-refractivity contribution >= 4 is 5.97 Å². The number of hydrogen-bond donors (Lipinski definition) is 1. The minimum atomic E-state index is -0.683. The molecule has 2 saturated heterocycles. The van der Waals surface area contributed by atoms with E-state index in [-0.39, 0.29) is 17.7 Å². The van der Waals surface area contributed by atoms with Crippen LogP contribution in [0.5, 0.6) is 0 Å². The fraction of sp³-hybridized carbons (Fsp3) is 0.571. The first-order chi connectivity index (χ1) is 19.5. The Kier molecular flexibility index (Phi) is 9.94. The van der Waals surface area contributed by atoms with Crippen molar-refractivity contribution in [1.29, 1.82) is 0 Å². The van der Waals surface area contributed by atoms with E-state index < -0.39 is 12.0 Å². The van der Waals surface area contributed by atoms with E-state index in [4.69, 9.17) is 6.42 Å². The molecule has 5 heteroatoms. The fourth-order valence-corrected chi connectivity index (χ4v) is 7.74. The van der Waals surface area contributed by atoms with Crippen LogP contribution < -0.4 is 0 Å². The molecule has 0 bridgehead atoms. The lowest BCUT2D eigenvalue weighted by molar-refractivity contribution is -0.145. The molecule has 2 aliphatic heterocycles. The summed E-state index contributed by atoms with van der Waals surface area (Å²) in [5.41, 5.74) is 3.31. The lowest BCUT2D eigenvalue weighted by atomic mass is 9.83. The van der Waals surface area contributed by atoms with Gasteiger partial charge >= 0.3 is 5.97 Å². The van der Waals surface area contributed by atoms with Crippen molar-refractivity contribution in [2.24, 2.45) is 17.8 Å². The molecule has 3 aliphatic rings. The molecule has 0 radical (unpaired) electrons. The average molecular weight is 545 g/mol. The van der Waals surface area contributed by atoms with Crippen LogP contribution in [0.4, 0.5) is 4.39 Å². The SMILES string of the molecule is C#Cc1cccc(CCCC2CCN(CC3CN(C(C(=O)O)C4CCCCC4)CC3c3cccc(F)c3)CC2)c1. The molecule has 40 heavy (non-hydrogen) atoms. The first-order valence-corrected chi connectivity index (χ1v) is 15.5. The normalized spacial score (nSPS) is 24.1. The van der Waals surface area contributed by atoms with Crippen LogP contribution in [0.2, 0.25) is 0 Å². The predicted molar refractivity (Wildman–Crippen MR) is 159 cm³/mol. The number of rotatable bonds is 10. The number of aliphatic carboxylic acids is 1. The molecule has 0 amide bonds. The quantitative estimate of drug-likeness (QED) is 0.343. The van der Waals surface area contributed by atoms with Crippen molar-refractivity contribution in [2.45, 2.75) is 76.2 Å². The van der Waals surface area contributed by atoms with Gasteiger partial charge in [-0.15, -0.1) is 6.42 Å². The standard InChI is InChI=1S/C35H45FN2O2/c1-2-26-9-6-11-28(21-26)12-7-10-27-17-19-37(20-18-27)23-31-24-38(25-33(31)30-15-8-16-32(36)22-30)34(35(39)40)29-13-4-3-5-14-29/h1,6,8-9,11,15-16,21-22,27,29,31,33-34H,3-5,7,10,12-14,17-20,23-25H2,(H,39,40). The van der Waals surface area contributed by atoms with E-state index in [1.54, 1.807) is 12.1 Å². The van der Waals surface area contributed by atoms with Gasteiger partial charge in [-0.1, -0.05) is 55.9 Å². The Morgan fingerprint density at radius 2 is 1.80 bits per heavy atom. The number of terminal acetylenes is 1. The summed E-state index contributed by atoms with van der Waals surface area (Å²) in [5, 5.41) is 10.3. The third kappa shape index (κ3) is 7.33. The number of piperidine rings is 1. The first-order valence-electron chi connectivity index (χ1n) is 15.5. The van der Waals surface area contributed by atoms with Crippen LogP contribution in [0.25, 0.3) is 0 Å². The van der Waals surface area contributed by atoms with E-state index in [1.165, 1.54) is 43.7 Å². The molecule has 1 saturated carbocycles. The summed E-state index contributed by atoms with van der Waals surface area (Å²) in [6.07, 6.45) is 17.0. The topological polar surface area (TPSA) is 43.8 Å². The van der Waals surface area contributed by atoms with Gasteiger partial charge in [-0.2, -0.15) is 0 Å². The van der Waals surface area contributed by atoms with Crippen LogP contribution >= 0.6 is 0 Å². The summed E-state index contributed by atoms with van der Waals surface area (Å²) < 4.78 is 14.2. The van der Waals surface area contributed by atoms with Gasteiger partial charge in [-0.25, -0.2) is 4.39 Å². The molecule has 3 atom stereocenters. The van der Waals surface area contributed by atoms with E-state index in [1.807, 2.05) is 12.1 Å². The van der Waals surface area contributed by atoms with Gasteiger partial charge in [0.1, 0.15) is 11.9 Å². The molecule has 5 rings (SSSR count). The lowest BCUT2D eigenvalue weighted by Crippen LogP contribution is -2.46. The molecule has 1 aliphatic carbocycles. The Bertz CT molecular complexity index is 1160. The van der Waals surface area contributed by atoms with Crippen LogP contribution in [-0.2, 0) is 11.2 Å². The predicted octanol–water partition coefficient (Wildman–Crippen LogP) is 6.59. The number of aryl methyl sites for hydroxylation is 1. The van der Waals surface area contributed by atoms with Crippen LogP contribution in [0.15, 0.2) is 48.5 Å². The van der Waals surface area contributed by atoms with Crippen LogP contribution in [0, 0.1) is 35.9 Å². The van der Waals surface area contributed by atoms with Gasteiger partial charge in [-0.05, 0) is 105 Å². The van der Waals surface area contributed by atoms with Gasteiger partial charge < -0.3 is 10.0 Å². The fourth-order valence-electron chi connectivity index (χ4n) is 7.74. The van der Waals surface area contributed by atoms with Crippen LogP contribution in [0.3, 0.4) is 0 Å². The number of likely N-dealkylation sites (tertiary alicyclic amines) is 2. The second kappa shape index (κ2) is 13.8. The van der Waals surface area contributed by atoms with Crippen molar-refractivity contribution in [2.75, 3.05) is 32.7 Å². The van der Waals surface area contributed by atoms with Gasteiger partial charge in [0.2, 0.25) is 0 Å². The van der Waals surface area contributed by atoms with E-state index in [0.717, 1.165) is 75.3 Å². The molecule has 0 spiro atoms. The highest BCUT2D eigenvalue weighted by Crippen LogP contribution is 2.39. The van der Waals surface area contributed by atoms with E-state index in [9.17, 15) is 14.3 Å². The van der Waals surface area contributed by atoms with Gasteiger partial charge in [0.05, 0.1) is 0 Å². The largest absolute Gasteiger partial charge is 0.480 e. The summed E-state index contributed by atoms with van der Waals surface area (Å²) in [5.74, 6) is 3.30. The van der Waals surface area contributed by atoms with Crippen molar-refractivity contribution in [1.82, 2.24) is 9.80 Å². The number of carbonyl (C=O) groups is 1. The minimum Gasteiger partial charge on any atom is -0.480 e. The molecular weight excluding hydrogens is 499 g/mol. The highest BCUT2D eigenvalue weighted by Gasteiger charge is 2.43. The number of carboxylic acids is 1. The van der Waals surface area contributed by atoms with E-state index >= 15 is 0 Å². The zero-order valence-electron chi connectivity index (χ0n) is 23.8. The number of hydrogen-bond acceptors (Lipinski definition) is 3. The molecule has 4 nitrogen and oxygen atoms in total. The summed E-state index contributed by atoms with van der Waals surface area (Å²) in [7, 11) is 0. The van der Waals surface area contributed by atoms with E-state index in [2.05, 4.69) is 33.9 Å². The van der Waals surface area contributed by atoms with Gasteiger partial charge in [0.25, 0.3) is 0 Å². The van der Waals surface area contributed by atoms with Crippen LogP contribution in [0.1, 0.15) is 80.4 Å². The van der Waals surface area contributed by atoms with Crippen molar-refractivity contribution in [3.8, 4) is 12.3 Å². The van der Waals surface area contributed by atoms with Gasteiger partial charge in [0.15, 0.2) is 0 Å². The molecule has 3 fully saturated rings. The van der Waals surface area contributed by atoms with Gasteiger partial charge in [-0.3, -0.25) is 9.69 Å². The minimum absolute atomic E-state index is 0.164. The van der Waals surface area contributed by atoms with Crippen molar-refractivity contribution in [3.63, 3.8) is 0 Å². The number of halogens is 1. The monoisotopic (exact) mass is 544 g/mol. The molecular formula is C35H45FN2O2. The molecule has 2 aromatic rings. The third-order valence-corrected chi connectivity index (χ3v) is 9.86. The summed E-state index contributed by atoms with van der Waals surface area (Å²) in [4.78, 5) is 17.3. The molecule has 2 aromatic carbocycles. The maximum Gasteiger partial charge on any atom is 0.321 e. The number of benzene rings is 2. The highest BCUT2D eigenvalue weighted by atomic mass is 19.1. The Morgan fingerprint density at radius 1 is 1.02 bits per heavy atom. The summed E-state index contributed by atoms with van der Waals surface area (Å²) in [6.45, 7) is 4.63. The Labute approximate surface area is 240 Å². The van der Waals surface area contributed by atoms with Crippen LogP contribution in [-0.4, -0.2) is 59.6 Å². The maximum atomic E-state index is 14.2. The highest BCUT2D eigenvalue weighted by molar-refractivity contribution is 5.74. The number of carboxylic acid groups (broad SMARTS) is 1. The average Bonchev–Trinajstić information content (AvgIpc) is 3.37. The van der Waals surface area contributed by atoms with E-state index in [0.29, 0.717) is 12.5 Å². The Balaban J connectivity index is 1.18. The van der Waals surface area contributed by atoms with Crippen molar-refractivity contribution in [3.05, 3.63) is 71.0 Å². The second-order valence-corrected chi connectivity index (χ2v) is 12.5. The molecule has 214 valence electrons. The van der Waals surface area contributed by atoms with Gasteiger partial charge in [0, 0.05) is 31.1 Å². The zero-order valence-corrected chi connectivity index (χ0v) is 23.8. The molecule has 3 unspecified atom stereocenters. The molecule has 0 aromatic heterocycles. The summed E-state index contributed by atoms with van der Waals surface area (Å²) in [6, 6.07) is 14.9. The maximum absolute atomic E-state index is 14.2. The number of nitrogens with zero attached hydrogens (tertiary/aromatic N) is 2. The van der Waals surface area contributed by atoms with Crippen molar-refractivity contribution < 1.29 is 14.3 Å².